The molecule has 0 aliphatic carbocycles. The van der Waals surface area contributed by atoms with Crippen molar-refractivity contribution in [3.05, 3.63) is 64.2 Å². The van der Waals surface area contributed by atoms with Crippen LogP contribution in [0.25, 0.3) is 0 Å². The molecule has 10 heteroatoms. The highest BCUT2D eigenvalue weighted by Gasteiger charge is 2.38. The summed E-state index contributed by atoms with van der Waals surface area (Å²) in [6, 6.07) is 8.89. The number of hydrogen-bond acceptors (Lipinski definition) is 4. The second-order valence-electron chi connectivity index (χ2n) is 4.41. The highest BCUT2D eigenvalue weighted by atomic mass is 32.2. The number of nitro benzene ring substituents is 1. The van der Waals surface area contributed by atoms with Crippen LogP contribution in [0.3, 0.4) is 0 Å². The summed E-state index contributed by atoms with van der Waals surface area (Å²) in [6.45, 7) is 0. The third-order valence-corrected chi connectivity index (χ3v) is 4.20. The molecule has 0 bridgehead atoms. The fourth-order valence-corrected chi connectivity index (χ4v) is 2.87. The molecule has 23 heavy (non-hydrogen) atoms. The summed E-state index contributed by atoms with van der Waals surface area (Å²) in [4.78, 5) is 9.32. The van der Waals surface area contributed by atoms with Gasteiger partial charge in [0.2, 0.25) is 0 Å². The largest absolute Gasteiger partial charge is 0.423 e. The third-order valence-electron chi connectivity index (χ3n) is 2.80. The van der Waals surface area contributed by atoms with E-state index in [-0.39, 0.29) is 4.90 Å². The monoisotopic (exact) mass is 346 g/mol. The Morgan fingerprint density at radius 1 is 1.04 bits per heavy atom. The molecule has 0 amide bonds. The van der Waals surface area contributed by atoms with Gasteiger partial charge in [-0.05, 0) is 24.3 Å². The summed E-state index contributed by atoms with van der Waals surface area (Å²) in [6.07, 6.45) is -4.99. The molecule has 0 aromatic heterocycles. The highest BCUT2D eigenvalue weighted by molar-refractivity contribution is 7.92. The third kappa shape index (κ3) is 3.77. The summed E-state index contributed by atoms with van der Waals surface area (Å²) in [5.41, 5.74) is -3.11. The minimum atomic E-state index is -4.99. The molecule has 0 unspecified atom stereocenters. The maximum Gasteiger partial charge on any atom is 0.423 e. The van der Waals surface area contributed by atoms with Gasteiger partial charge in [0.1, 0.15) is 5.56 Å². The Hall–Kier alpha value is -2.62. The molecule has 0 spiro atoms. The van der Waals surface area contributed by atoms with Crippen LogP contribution < -0.4 is 4.72 Å². The van der Waals surface area contributed by atoms with Gasteiger partial charge in [-0.1, -0.05) is 18.2 Å². The molecule has 0 atom stereocenters. The normalized spacial score (nSPS) is 12.0. The molecule has 2 aromatic carbocycles. The Labute approximate surface area is 128 Å². The highest BCUT2D eigenvalue weighted by Crippen LogP contribution is 2.37. The number of hydrogen-bond donors (Lipinski definition) is 1. The molecule has 2 rings (SSSR count). The Bertz CT molecular complexity index is 836. The Kier molecular flexibility index (Phi) is 4.28. The predicted octanol–water partition coefficient (Wildman–Crippen LogP) is 3.41. The summed E-state index contributed by atoms with van der Waals surface area (Å²) in [7, 11) is -4.10. The molecule has 122 valence electrons. The van der Waals surface area contributed by atoms with Gasteiger partial charge in [0.05, 0.1) is 9.82 Å². The van der Waals surface area contributed by atoms with E-state index in [0.717, 1.165) is 6.07 Å². The van der Waals surface area contributed by atoms with E-state index in [0.29, 0.717) is 12.1 Å². The molecule has 0 fully saturated rings. The Morgan fingerprint density at radius 2 is 1.65 bits per heavy atom. The molecule has 0 saturated heterocycles. The predicted molar refractivity (Wildman–Crippen MR) is 75.3 cm³/mol. The lowest BCUT2D eigenvalue weighted by atomic mass is 10.1. The number of halogens is 3. The van der Waals surface area contributed by atoms with Crippen molar-refractivity contribution in [2.75, 3.05) is 4.72 Å². The summed E-state index contributed by atoms with van der Waals surface area (Å²) < 4.78 is 64.7. The minimum Gasteiger partial charge on any atom is -0.280 e. The quantitative estimate of drug-likeness (QED) is 0.678. The van der Waals surface area contributed by atoms with Crippen LogP contribution in [0.4, 0.5) is 24.5 Å². The van der Waals surface area contributed by atoms with E-state index in [9.17, 15) is 31.7 Å². The van der Waals surface area contributed by atoms with E-state index in [4.69, 9.17) is 0 Å². The number of sulfonamides is 1. The molecule has 0 saturated carbocycles. The van der Waals surface area contributed by atoms with E-state index in [1.165, 1.54) is 24.3 Å². The zero-order valence-corrected chi connectivity index (χ0v) is 12.1. The fraction of sp³-hybridized carbons (Fsp3) is 0.0769. The second kappa shape index (κ2) is 5.88. The summed E-state index contributed by atoms with van der Waals surface area (Å²) in [5, 5.41) is 10.7. The second-order valence-corrected chi connectivity index (χ2v) is 6.09. The van der Waals surface area contributed by atoms with Crippen molar-refractivity contribution in [1.29, 1.82) is 0 Å². The number of anilines is 1. The van der Waals surface area contributed by atoms with Crippen LogP contribution in [0.15, 0.2) is 53.4 Å². The standard InChI is InChI=1S/C13H9F3N2O4S/c14-13(15,16)11-8-9(6-7-12(11)18(19)20)17-23(21,22)10-4-2-1-3-5-10/h1-8,17H. The Morgan fingerprint density at radius 3 is 2.17 bits per heavy atom. The van der Waals surface area contributed by atoms with Crippen molar-refractivity contribution in [3.8, 4) is 0 Å². The van der Waals surface area contributed by atoms with Crippen LogP contribution in [0.5, 0.6) is 0 Å². The van der Waals surface area contributed by atoms with Crippen LogP contribution in [-0.2, 0) is 16.2 Å². The number of nitro groups is 1. The van der Waals surface area contributed by atoms with Crippen molar-refractivity contribution in [3.63, 3.8) is 0 Å². The lowest BCUT2D eigenvalue weighted by Crippen LogP contribution is -2.15. The molecular formula is C13H9F3N2O4S. The van der Waals surface area contributed by atoms with Crippen LogP contribution in [0.2, 0.25) is 0 Å². The lowest BCUT2D eigenvalue weighted by Gasteiger charge is -2.11. The number of nitrogens with zero attached hydrogens (tertiary/aromatic N) is 1. The maximum absolute atomic E-state index is 12.9. The van der Waals surface area contributed by atoms with Crippen LogP contribution in [-0.4, -0.2) is 13.3 Å². The van der Waals surface area contributed by atoms with Crippen LogP contribution in [0.1, 0.15) is 5.56 Å². The van der Waals surface area contributed by atoms with Gasteiger partial charge in [0.15, 0.2) is 0 Å². The van der Waals surface area contributed by atoms with Gasteiger partial charge < -0.3 is 0 Å². The Balaban J connectivity index is 2.44. The molecule has 0 aliphatic heterocycles. The molecule has 6 nitrogen and oxygen atoms in total. The van der Waals surface area contributed by atoms with E-state index >= 15 is 0 Å². The molecule has 0 aliphatic rings. The van der Waals surface area contributed by atoms with Crippen molar-refractivity contribution < 1.29 is 26.5 Å². The van der Waals surface area contributed by atoms with Crippen molar-refractivity contribution >= 4 is 21.4 Å². The van der Waals surface area contributed by atoms with Gasteiger partial charge in [0.25, 0.3) is 15.7 Å². The van der Waals surface area contributed by atoms with Gasteiger partial charge in [-0.25, -0.2) is 8.42 Å². The molecule has 1 N–H and O–H groups in total. The topological polar surface area (TPSA) is 89.3 Å². The van der Waals surface area contributed by atoms with Gasteiger partial charge in [0, 0.05) is 11.8 Å². The molecule has 2 aromatic rings. The van der Waals surface area contributed by atoms with Gasteiger partial charge in [-0.3, -0.25) is 14.8 Å². The van der Waals surface area contributed by atoms with Crippen molar-refractivity contribution in [1.82, 2.24) is 0 Å². The first-order valence-electron chi connectivity index (χ1n) is 6.05. The zero-order chi connectivity index (χ0) is 17.3. The number of rotatable bonds is 4. The van der Waals surface area contributed by atoms with Gasteiger partial charge in [-0.15, -0.1) is 0 Å². The van der Waals surface area contributed by atoms with E-state index in [2.05, 4.69) is 0 Å². The van der Waals surface area contributed by atoms with Crippen molar-refractivity contribution in [2.45, 2.75) is 11.1 Å². The van der Waals surface area contributed by atoms with Crippen molar-refractivity contribution in [2.24, 2.45) is 0 Å². The zero-order valence-electron chi connectivity index (χ0n) is 11.2. The van der Waals surface area contributed by atoms with Crippen LogP contribution in [0, 0.1) is 10.1 Å². The van der Waals surface area contributed by atoms with Crippen LogP contribution >= 0.6 is 0 Å². The maximum atomic E-state index is 12.9. The smallest absolute Gasteiger partial charge is 0.280 e. The number of alkyl halides is 3. The lowest BCUT2D eigenvalue weighted by molar-refractivity contribution is -0.388. The average molecular weight is 346 g/mol. The first-order valence-corrected chi connectivity index (χ1v) is 7.53. The average Bonchev–Trinajstić information content (AvgIpc) is 2.46. The number of benzene rings is 2. The fourth-order valence-electron chi connectivity index (χ4n) is 1.80. The summed E-state index contributed by atoms with van der Waals surface area (Å²) in [5.74, 6) is 0. The van der Waals surface area contributed by atoms with E-state index < -0.39 is 38.1 Å². The molecule has 0 radical (unpaired) electrons. The first-order chi connectivity index (χ1) is 10.6. The van der Waals surface area contributed by atoms with Gasteiger partial charge >= 0.3 is 6.18 Å². The van der Waals surface area contributed by atoms with E-state index in [1.807, 2.05) is 4.72 Å². The van der Waals surface area contributed by atoms with E-state index in [1.54, 1.807) is 6.07 Å². The summed E-state index contributed by atoms with van der Waals surface area (Å²) >= 11 is 0. The molecular weight excluding hydrogens is 337 g/mol. The number of nitrogens with one attached hydrogen (secondary N) is 1. The minimum absolute atomic E-state index is 0.146. The van der Waals surface area contributed by atoms with Gasteiger partial charge in [-0.2, -0.15) is 13.2 Å². The first kappa shape index (κ1) is 16.7. The SMILES string of the molecule is O=[N+]([O-])c1ccc(NS(=O)(=O)c2ccccc2)cc1C(F)(F)F. The molecule has 0 heterocycles.